The van der Waals surface area contributed by atoms with Crippen molar-refractivity contribution >= 4 is 103 Å². The summed E-state index contributed by atoms with van der Waals surface area (Å²) in [4.78, 5) is 19.1. The van der Waals surface area contributed by atoms with Gasteiger partial charge in [0.1, 0.15) is 0 Å². The minimum Gasteiger partial charge on any atom is -0.294 e. The van der Waals surface area contributed by atoms with E-state index in [2.05, 4.69) is 171 Å². The van der Waals surface area contributed by atoms with Crippen molar-refractivity contribution in [2.75, 3.05) is 0 Å². The summed E-state index contributed by atoms with van der Waals surface area (Å²) in [6.45, 7) is 2.08. The van der Waals surface area contributed by atoms with Gasteiger partial charge in [0, 0.05) is 16.5 Å². The van der Waals surface area contributed by atoms with Crippen LogP contribution in [0.15, 0.2) is 187 Å². The zero-order valence-electron chi connectivity index (χ0n) is 34.9. The van der Waals surface area contributed by atoms with Crippen molar-refractivity contribution < 1.29 is 4.79 Å². The molecule has 13 aromatic carbocycles. The number of para-hydroxylation sites is 1. The molecule has 0 heterocycles. The first-order chi connectivity index (χ1) is 31.6. The van der Waals surface area contributed by atoms with Gasteiger partial charge in [-0.2, -0.15) is 0 Å². The van der Waals surface area contributed by atoms with Gasteiger partial charge in [-0.3, -0.25) is 9.79 Å². The van der Waals surface area contributed by atoms with Crippen molar-refractivity contribution in [1.82, 2.24) is 0 Å². The Kier molecular flexibility index (Phi) is 6.58. The molecule has 2 nitrogen and oxygen atoms in total. The quantitative estimate of drug-likeness (QED) is 0.129. The Balaban J connectivity index is 1.05. The van der Waals surface area contributed by atoms with Gasteiger partial charge >= 0.3 is 0 Å². The van der Waals surface area contributed by atoms with Gasteiger partial charge in [0.05, 0.1) is 17.8 Å². The molecule has 64 heavy (non-hydrogen) atoms. The van der Waals surface area contributed by atoms with Crippen LogP contribution >= 0.6 is 0 Å². The summed E-state index contributed by atoms with van der Waals surface area (Å²) in [5, 5.41) is 19.9. The van der Waals surface area contributed by atoms with Crippen LogP contribution in [0.2, 0.25) is 0 Å². The Morgan fingerprint density at radius 2 is 0.703 bits per heavy atom. The molecule has 2 heteroatoms. The van der Waals surface area contributed by atoms with Crippen LogP contribution in [0.1, 0.15) is 27.9 Å². The van der Waals surface area contributed by atoms with E-state index in [0.717, 1.165) is 38.9 Å². The van der Waals surface area contributed by atoms with Crippen LogP contribution in [0.4, 0.5) is 5.69 Å². The Morgan fingerprint density at radius 1 is 0.328 bits per heavy atom. The number of ketones is 1. The molecule has 2 aliphatic rings. The number of aryl methyl sites for hydroxylation is 1. The number of carbonyl (C=O) groups is 1. The van der Waals surface area contributed by atoms with Crippen LogP contribution in [0.25, 0.3) is 131 Å². The first-order valence-corrected chi connectivity index (χ1v) is 22.3. The van der Waals surface area contributed by atoms with E-state index in [-0.39, 0.29) is 5.78 Å². The summed E-state index contributed by atoms with van der Waals surface area (Å²) in [5.74, 6) is 0.127. The molecule has 0 saturated heterocycles. The van der Waals surface area contributed by atoms with Crippen LogP contribution in [0.3, 0.4) is 0 Å². The van der Waals surface area contributed by atoms with Crippen molar-refractivity contribution in [3.05, 3.63) is 199 Å². The highest BCUT2D eigenvalue weighted by Gasteiger charge is 2.33. The zero-order valence-corrected chi connectivity index (χ0v) is 34.9. The standard InChI is InChI=1S/C62H35NO/c1-33-12-8-11-19-50(33)63-51-32-52(64)47-29-25-43-39-21-23-41-45-27-31-49-60-48(30-26-44(58(45)60)40-22-20-38(55(39)56(40)41)42-24-28-46(51)59(47)57(42)43)61-53(34-13-4-2-5-14-34)36-17-9-10-18-37(36)54(62(49)61)35-15-6-3-7-16-35/h2-31H,32H2,1H3. The third kappa shape index (κ3) is 4.25. The fourth-order valence-corrected chi connectivity index (χ4v) is 12.2. The van der Waals surface area contributed by atoms with Gasteiger partial charge in [0.2, 0.25) is 0 Å². The fourth-order valence-electron chi connectivity index (χ4n) is 12.2. The average molecular weight is 810 g/mol. The highest BCUT2D eigenvalue weighted by atomic mass is 16.1. The number of nitrogens with zero attached hydrogens (tertiary/aromatic N) is 1. The molecule has 15 rings (SSSR count). The van der Waals surface area contributed by atoms with Crippen LogP contribution in [0, 0.1) is 6.92 Å². The van der Waals surface area contributed by atoms with E-state index in [9.17, 15) is 4.79 Å². The van der Waals surface area contributed by atoms with E-state index < -0.39 is 0 Å². The van der Waals surface area contributed by atoms with Crippen molar-refractivity contribution in [3.63, 3.8) is 0 Å². The van der Waals surface area contributed by atoms with Gasteiger partial charge in [-0.15, -0.1) is 0 Å². The molecule has 0 spiro atoms. The van der Waals surface area contributed by atoms with Crippen molar-refractivity contribution in [2.24, 2.45) is 4.99 Å². The van der Waals surface area contributed by atoms with E-state index in [1.54, 1.807) is 0 Å². The van der Waals surface area contributed by atoms with Gasteiger partial charge < -0.3 is 0 Å². The maximum absolute atomic E-state index is 14.0. The Hall–Kier alpha value is -8.20. The number of benzene rings is 13. The van der Waals surface area contributed by atoms with Crippen molar-refractivity contribution in [1.29, 1.82) is 0 Å². The summed E-state index contributed by atoms with van der Waals surface area (Å²) in [6.07, 6.45) is 0.297. The summed E-state index contributed by atoms with van der Waals surface area (Å²) < 4.78 is 0. The molecule has 0 N–H and O–H groups in total. The summed E-state index contributed by atoms with van der Waals surface area (Å²) in [7, 11) is 0. The van der Waals surface area contributed by atoms with E-state index in [1.165, 1.54) is 120 Å². The number of rotatable bonds is 3. The molecule has 0 bridgehead atoms. The maximum atomic E-state index is 14.0. The van der Waals surface area contributed by atoms with E-state index in [0.29, 0.717) is 6.42 Å². The molecule has 0 fully saturated rings. The van der Waals surface area contributed by atoms with E-state index in [1.807, 2.05) is 18.2 Å². The number of aliphatic imine (C=N–C) groups is 1. The first-order valence-electron chi connectivity index (χ1n) is 22.3. The zero-order chi connectivity index (χ0) is 41.9. The normalized spacial score (nSPS) is 14.0. The average Bonchev–Trinajstić information content (AvgIpc) is 3.67. The number of fused-ring (bicyclic) bond motifs is 8. The number of hydrogen-bond acceptors (Lipinski definition) is 2. The molecule has 0 atom stereocenters. The van der Waals surface area contributed by atoms with Gasteiger partial charge in [0.15, 0.2) is 5.78 Å². The summed E-state index contributed by atoms with van der Waals surface area (Å²) in [5.41, 5.74) is 15.0. The molecule has 0 radical (unpaired) electrons. The largest absolute Gasteiger partial charge is 0.294 e. The predicted molar refractivity (Wildman–Crippen MR) is 270 cm³/mol. The number of Topliss-reactive ketones (excluding diaryl/α,β-unsaturated/α-hetero) is 1. The maximum Gasteiger partial charge on any atom is 0.169 e. The molecule has 0 saturated carbocycles. The van der Waals surface area contributed by atoms with Gasteiger partial charge in [0.25, 0.3) is 0 Å². The highest BCUT2D eigenvalue weighted by Crippen LogP contribution is 2.60. The predicted octanol–water partition coefficient (Wildman–Crippen LogP) is 16.8. The van der Waals surface area contributed by atoms with Crippen LogP contribution in [0.5, 0.6) is 0 Å². The van der Waals surface area contributed by atoms with Crippen molar-refractivity contribution in [3.8, 4) is 44.5 Å². The molecule has 0 unspecified atom stereocenters. The fraction of sp³-hybridized carbons (Fsp3) is 0.0323. The Bertz CT molecular complexity index is 4080. The lowest BCUT2D eigenvalue weighted by Gasteiger charge is -2.23. The van der Waals surface area contributed by atoms with Crippen LogP contribution in [-0.4, -0.2) is 11.5 Å². The van der Waals surface area contributed by atoms with Crippen LogP contribution in [-0.2, 0) is 0 Å². The van der Waals surface area contributed by atoms with Crippen molar-refractivity contribution in [2.45, 2.75) is 13.3 Å². The lowest BCUT2D eigenvalue weighted by molar-refractivity contribution is 0.100. The lowest BCUT2D eigenvalue weighted by Crippen LogP contribution is -2.17. The lowest BCUT2D eigenvalue weighted by atomic mass is 9.79. The second kappa shape index (κ2) is 12.2. The molecule has 13 aromatic rings. The number of carbonyl (C=O) groups excluding carboxylic acids is 1. The third-order valence-electron chi connectivity index (χ3n) is 14.8. The monoisotopic (exact) mass is 809 g/mol. The molecular weight excluding hydrogens is 775 g/mol. The summed E-state index contributed by atoms with van der Waals surface area (Å²) >= 11 is 0. The topological polar surface area (TPSA) is 29.4 Å². The SMILES string of the molecule is Cc1ccccc1N=C1CC(=O)c2ccc3c4ccc5c6ccc7c8c(ccc(c9ccc(c%10ccc1c2c3%10)c4c59)c86)-c1c-7c(-c2ccccc2)c2ccccc2c1-c1ccccc1. The Morgan fingerprint density at radius 3 is 1.19 bits per heavy atom. The summed E-state index contributed by atoms with van der Waals surface area (Å²) in [6, 6.07) is 67.0. The second-order valence-electron chi connectivity index (χ2n) is 17.9. The van der Waals surface area contributed by atoms with Gasteiger partial charge in [-0.25, -0.2) is 0 Å². The van der Waals surface area contributed by atoms with E-state index >= 15 is 0 Å². The van der Waals surface area contributed by atoms with Crippen LogP contribution < -0.4 is 0 Å². The second-order valence-corrected chi connectivity index (χ2v) is 17.9. The molecular formula is C62H35NO. The molecule has 2 aliphatic carbocycles. The Labute approximate surface area is 368 Å². The molecule has 0 aromatic heterocycles. The smallest absolute Gasteiger partial charge is 0.169 e. The van der Waals surface area contributed by atoms with E-state index in [4.69, 9.17) is 4.99 Å². The minimum absolute atomic E-state index is 0.127. The van der Waals surface area contributed by atoms with Gasteiger partial charge in [-0.1, -0.05) is 176 Å². The molecule has 0 aliphatic heterocycles. The molecule has 294 valence electrons. The van der Waals surface area contributed by atoms with Gasteiger partial charge in [-0.05, 0) is 144 Å². The first kappa shape index (κ1) is 34.4. The molecule has 0 amide bonds. The third-order valence-corrected chi connectivity index (χ3v) is 14.8. The number of hydrogen-bond donors (Lipinski definition) is 0. The minimum atomic E-state index is 0.127. The highest BCUT2D eigenvalue weighted by molar-refractivity contribution is 6.46.